The van der Waals surface area contributed by atoms with E-state index in [1.807, 2.05) is 44.0 Å². The highest BCUT2D eigenvalue weighted by Crippen LogP contribution is 2.24. The second-order valence-electron chi connectivity index (χ2n) is 5.70. The minimum Gasteiger partial charge on any atom is -0.491 e. The number of hydrogen-bond acceptors (Lipinski definition) is 3. The zero-order chi connectivity index (χ0) is 15.4. The lowest BCUT2D eigenvalue weighted by atomic mass is 10.0. The van der Waals surface area contributed by atoms with Crippen LogP contribution in [0.25, 0.3) is 0 Å². The third kappa shape index (κ3) is 5.14. The lowest BCUT2D eigenvalue weighted by Gasteiger charge is -2.32. The highest BCUT2D eigenvalue weighted by Gasteiger charge is 2.23. The summed E-state index contributed by atoms with van der Waals surface area (Å²) in [5, 5.41) is 3.28. The van der Waals surface area contributed by atoms with Crippen molar-refractivity contribution in [3.63, 3.8) is 0 Å². The number of hydrogen-bond donors (Lipinski definition) is 1. The van der Waals surface area contributed by atoms with Gasteiger partial charge in [-0.2, -0.15) is 0 Å². The molecule has 1 fully saturated rings. The largest absolute Gasteiger partial charge is 0.491 e. The summed E-state index contributed by atoms with van der Waals surface area (Å²) in [6.07, 6.45) is 2.10. The molecule has 1 N–H and O–H groups in total. The highest BCUT2D eigenvalue weighted by molar-refractivity contribution is 9.10. The van der Waals surface area contributed by atoms with Gasteiger partial charge in [-0.25, -0.2) is 0 Å². The normalized spacial score (nSPS) is 15.6. The molecule has 1 heterocycles. The van der Waals surface area contributed by atoms with E-state index in [4.69, 9.17) is 4.74 Å². The van der Waals surface area contributed by atoms with Gasteiger partial charge in [-0.1, -0.05) is 15.9 Å². The van der Waals surface area contributed by atoms with E-state index in [1.165, 1.54) is 0 Å². The van der Waals surface area contributed by atoms with Gasteiger partial charge in [0, 0.05) is 29.2 Å². The van der Waals surface area contributed by atoms with Crippen LogP contribution < -0.4 is 10.1 Å². The molecule has 0 unspecified atom stereocenters. The quantitative estimate of drug-likeness (QED) is 0.854. The fraction of sp³-hybridized carbons (Fsp3) is 0.562. The zero-order valence-electron chi connectivity index (χ0n) is 13.3. The van der Waals surface area contributed by atoms with Crippen LogP contribution in [0.15, 0.2) is 22.7 Å². The maximum atomic E-state index is 12.6. The van der Waals surface area contributed by atoms with E-state index in [1.54, 1.807) is 0 Å². The summed E-state index contributed by atoms with van der Waals surface area (Å²) in [5.41, 5.74) is 0.683. The first-order valence-electron chi connectivity index (χ1n) is 7.43. The SMILES string of the molecule is CNC1CCN(C(=O)c2cc(Br)cc(OC(C)C)c2)CC1.Cl. The second kappa shape index (κ2) is 8.75. The van der Waals surface area contributed by atoms with Crippen molar-refractivity contribution in [2.24, 2.45) is 0 Å². The van der Waals surface area contributed by atoms with Gasteiger partial charge < -0.3 is 15.0 Å². The fourth-order valence-electron chi connectivity index (χ4n) is 2.58. The highest BCUT2D eigenvalue weighted by atomic mass is 79.9. The van der Waals surface area contributed by atoms with Gasteiger partial charge in [0.15, 0.2) is 0 Å². The predicted octanol–water partition coefficient (Wildman–Crippen LogP) is 3.48. The molecule has 6 heteroatoms. The number of ether oxygens (including phenoxy) is 1. The number of likely N-dealkylation sites (tertiary alicyclic amines) is 1. The van der Waals surface area contributed by atoms with Gasteiger partial charge in [0.2, 0.25) is 0 Å². The maximum absolute atomic E-state index is 12.6. The van der Waals surface area contributed by atoms with Crippen molar-refractivity contribution in [1.82, 2.24) is 10.2 Å². The van der Waals surface area contributed by atoms with Crippen LogP contribution >= 0.6 is 28.3 Å². The lowest BCUT2D eigenvalue weighted by molar-refractivity contribution is 0.0706. The van der Waals surface area contributed by atoms with Crippen LogP contribution in [0.2, 0.25) is 0 Å². The van der Waals surface area contributed by atoms with Gasteiger partial charge in [0.05, 0.1) is 6.10 Å². The zero-order valence-corrected chi connectivity index (χ0v) is 15.7. The molecule has 0 atom stereocenters. The van der Waals surface area contributed by atoms with Gasteiger partial charge in [0.1, 0.15) is 5.75 Å². The summed E-state index contributed by atoms with van der Waals surface area (Å²) in [6, 6.07) is 6.11. The van der Waals surface area contributed by atoms with E-state index in [0.29, 0.717) is 11.6 Å². The second-order valence-corrected chi connectivity index (χ2v) is 6.61. The summed E-state index contributed by atoms with van der Waals surface area (Å²) < 4.78 is 6.57. The molecule has 4 nitrogen and oxygen atoms in total. The van der Waals surface area contributed by atoms with Crippen molar-refractivity contribution in [2.45, 2.75) is 38.8 Å². The van der Waals surface area contributed by atoms with Crippen molar-refractivity contribution in [1.29, 1.82) is 0 Å². The molecule has 1 saturated heterocycles. The van der Waals surface area contributed by atoms with E-state index < -0.39 is 0 Å². The van der Waals surface area contributed by atoms with Crippen LogP contribution in [0.4, 0.5) is 0 Å². The van der Waals surface area contributed by atoms with E-state index in [0.717, 1.165) is 36.2 Å². The Morgan fingerprint density at radius 3 is 2.50 bits per heavy atom. The van der Waals surface area contributed by atoms with E-state index in [9.17, 15) is 4.79 Å². The maximum Gasteiger partial charge on any atom is 0.254 e. The molecule has 1 aliphatic rings. The van der Waals surface area contributed by atoms with Crippen molar-refractivity contribution >= 4 is 34.2 Å². The average Bonchev–Trinajstić information content (AvgIpc) is 2.45. The average molecular weight is 392 g/mol. The van der Waals surface area contributed by atoms with Crippen LogP contribution in [0.3, 0.4) is 0 Å². The Balaban J connectivity index is 0.00000242. The Morgan fingerprint density at radius 2 is 1.95 bits per heavy atom. The summed E-state index contributed by atoms with van der Waals surface area (Å²) in [4.78, 5) is 14.5. The standard InChI is InChI=1S/C16H23BrN2O2.ClH/c1-11(2)21-15-9-12(8-13(17)10-15)16(20)19-6-4-14(18-3)5-7-19;/h8-11,14,18H,4-7H2,1-3H3;1H. The fourth-order valence-corrected chi connectivity index (χ4v) is 3.05. The third-order valence-electron chi connectivity index (χ3n) is 3.68. The monoisotopic (exact) mass is 390 g/mol. The van der Waals surface area contributed by atoms with Gasteiger partial charge in [-0.05, 0) is 51.9 Å². The number of halogens is 2. The van der Waals surface area contributed by atoms with Gasteiger partial charge >= 0.3 is 0 Å². The molecule has 22 heavy (non-hydrogen) atoms. The molecule has 0 radical (unpaired) electrons. The summed E-state index contributed by atoms with van der Waals surface area (Å²) in [7, 11) is 1.98. The predicted molar refractivity (Wildman–Crippen MR) is 95.1 cm³/mol. The van der Waals surface area contributed by atoms with E-state index in [-0.39, 0.29) is 24.4 Å². The Morgan fingerprint density at radius 1 is 1.32 bits per heavy atom. The van der Waals surface area contributed by atoms with Crippen molar-refractivity contribution in [3.05, 3.63) is 28.2 Å². The number of nitrogens with zero attached hydrogens (tertiary/aromatic N) is 1. The van der Waals surface area contributed by atoms with Gasteiger partial charge in [0.25, 0.3) is 5.91 Å². The Labute approximate surface area is 147 Å². The topological polar surface area (TPSA) is 41.6 Å². The molecule has 1 aromatic rings. The molecule has 0 aromatic heterocycles. The lowest BCUT2D eigenvalue weighted by Crippen LogP contribution is -2.43. The minimum atomic E-state index is 0. The summed E-state index contributed by atoms with van der Waals surface area (Å²) in [5.74, 6) is 0.812. The smallest absolute Gasteiger partial charge is 0.254 e. The van der Waals surface area contributed by atoms with Gasteiger partial charge in [-0.15, -0.1) is 12.4 Å². The number of nitrogens with one attached hydrogen (secondary N) is 1. The van der Waals surface area contributed by atoms with Crippen LogP contribution in [0, 0.1) is 0 Å². The Kier molecular flexibility index (Phi) is 7.66. The van der Waals surface area contributed by atoms with Crippen LogP contribution in [-0.2, 0) is 0 Å². The molecule has 0 spiro atoms. The van der Waals surface area contributed by atoms with Crippen LogP contribution in [0.5, 0.6) is 5.75 Å². The first-order chi connectivity index (χ1) is 9.99. The Hall–Kier alpha value is -0.780. The molecule has 1 aliphatic heterocycles. The third-order valence-corrected chi connectivity index (χ3v) is 4.14. The van der Waals surface area contributed by atoms with Crippen LogP contribution in [0.1, 0.15) is 37.0 Å². The molecular weight excluding hydrogens is 368 g/mol. The molecular formula is C16H24BrClN2O2. The molecule has 1 amide bonds. The van der Waals surface area contributed by atoms with Crippen molar-refractivity contribution < 1.29 is 9.53 Å². The van der Waals surface area contributed by atoms with E-state index in [2.05, 4.69) is 21.2 Å². The first-order valence-corrected chi connectivity index (χ1v) is 8.22. The van der Waals surface area contributed by atoms with Crippen LogP contribution in [-0.4, -0.2) is 43.1 Å². The number of benzene rings is 1. The number of carbonyl (C=O) groups excluding carboxylic acids is 1. The molecule has 1 aromatic carbocycles. The molecule has 0 bridgehead atoms. The first kappa shape index (κ1) is 19.3. The minimum absolute atomic E-state index is 0. The summed E-state index contributed by atoms with van der Waals surface area (Å²) >= 11 is 3.46. The summed E-state index contributed by atoms with van der Waals surface area (Å²) in [6.45, 7) is 5.56. The van der Waals surface area contributed by atoms with Crippen molar-refractivity contribution in [2.75, 3.05) is 20.1 Å². The van der Waals surface area contributed by atoms with Gasteiger partial charge in [-0.3, -0.25) is 4.79 Å². The molecule has 124 valence electrons. The Bertz CT molecular complexity index is 503. The molecule has 2 rings (SSSR count). The molecule has 0 aliphatic carbocycles. The molecule has 0 saturated carbocycles. The number of piperidine rings is 1. The van der Waals surface area contributed by atoms with E-state index >= 15 is 0 Å². The number of amides is 1. The number of rotatable bonds is 4. The number of carbonyl (C=O) groups is 1. The van der Waals surface area contributed by atoms with Crippen molar-refractivity contribution in [3.8, 4) is 5.75 Å².